The van der Waals surface area contributed by atoms with E-state index in [4.69, 9.17) is 9.47 Å². The van der Waals surface area contributed by atoms with Gasteiger partial charge in [0.2, 0.25) is 0 Å². The molecule has 0 saturated carbocycles. The fourth-order valence-corrected chi connectivity index (χ4v) is 4.57. The zero-order valence-corrected chi connectivity index (χ0v) is 19.0. The van der Waals surface area contributed by atoms with Crippen molar-refractivity contribution >= 4 is 5.69 Å². The van der Waals surface area contributed by atoms with Crippen LogP contribution < -0.4 is 9.64 Å². The van der Waals surface area contributed by atoms with Gasteiger partial charge in [0.1, 0.15) is 29.6 Å². The van der Waals surface area contributed by atoms with E-state index in [1.165, 1.54) is 24.3 Å². The first-order chi connectivity index (χ1) is 15.7. The van der Waals surface area contributed by atoms with E-state index in [0.717, 1.165) is 5.69 Å². The number of nitrogens with zero attached hydrogens (tertiary/aromatic N) is 2. The smallest absolute Gasteiger partial charge is 0.134 e. The van der Waals surface area contributed by atoms with Gasteiger partial charge in [-0.05, 0) is 61.7 Å². The summed E-state index contributed by atoms with van der Waals surface area (Å²) in [5, 5.41) is 22.4. The summed E-state index contributed by atoms with van der Waals surface area (Å²) >= 11 is 0. The predicted molar refractivity (Wildman–Crippen MR) is 122 cm³/mol. The van der Waals surface area contributed by atoms with Crippen LogP contribution in [-0.4, -0.2) is 78.9 Å². The number of benzene rings is 2. The molecule has 0 aliphatic carbocycles. The Morgan fingerprint density at radius 2 is 1.82 bits per heavy atom. The van der Waals surface area contributed by atoms with Crippen molar-refractivity contribution in [2.24, 2.45) is 0 Å². The minimum absolute atomic E-state index is 0.000347. The fourth-order valence-electron chi connectivity index (χ4n) is 4.57. The molecule has 6 nitrogen and oxygen atoms in total. The van der Waals surface area contributed by atoms with Gasteiger partial charge in [-0.2, -0.15) is 0 Å². The number of hydrogen-bond acceptors (Lipinski definition) is 6. The Morgan fingerprint density at radius 3 is 2.55 bits per heavy atom. The number of β-amino-alcohol motifs (C(OH)–C–C–N with tert-alkyl or cyclic N) is 2. The quantitative estimate of drug-likeness (QED) is 0.689. The molecule has 0 aromatic heterocycles. The van der Waals surface area contributed by atoms with Gasteiger partial charge in [0.25, 0.3) is 0 Å². The van der Waals surface area contributed by atoms with Crippen LogP contribution in [0.15, 0.2) is 42.5 Å². The van der Waals surface area contributed by atoms with Gasteiger partial charge in [-0.15, -0.1) is 0 Å². The van der Waals surface area contributed by atoms with E-state index in [1.54, 1.807) is 19.1 Å². The van der Waals surface area contributed by atoms with Crippen LogP contribution >= 0.6 is 0 Å². The lowest BCUT2D eigenvalue weighted by Gasteiger charge is -2.42. The van der Waals surface area contributed by atoms with E-state index in [9.17, 15) is 19.0 Å². The van der Waals surface area contributed by atoms with Crippen molar-refractivity contribution in [1.29, 1.82) is 0 Å². The summed E-state index contributed by atoms with van der Waals surface area (Å²) in [7, 11) is 0. The lowest BCUT2D eigenvalue weighted by molar-refractivity contribution is -0.0742. The molecule has 2 heterocycles. The lowest BCUT2D eigenvalue weighted by atomic mass is 9.90. The van der Waals surface area contributed by atoms with Gasteiger partial charge in [0, 0.05) is 38.4 Å². The molecule has 4 rings (SSSR count). The SMILES string of the molecule is Cc1cc(OC[C@@]2(O)COCCN(CC3(O)CCN(c4cccc(F)c4)CC3)C2)ccc1F. The maximum absolute atomic E-state index is 13.6. The standard InChI is InChI=1S/C25H32F2N2O4/c1-19-13-22(5-6-23(19)27)33-18-25(31)16-28(11-12-32-17-25)15-24(30)7-9-29(10-8-24)21-4-2-3-20(26)14-21/h2-6,13-14,30-31H,7-12,15-18H2,1H3/t25-/m0/s1. The Balaban J connectivity index is 1.34. The topological polar surface area (TPSA) is 65.4 Å². The van der Waals surface area contributed by atoms with E-state index >= 15 is 0 Å². The van der Waals surface area contributed by atoms with Gasteiger partial charge >= 0.3 is 0 Å². The number of ether oxygens (including phenoxy) is 2. The summed E-state index contributed by atoms with van der Waals surface area (Å²) in [6.07, 6.45) is 1.09. The maximum atomic E-state index is 13.6. The highest BCUT2D eigenvalue weighted by Gasteiger charge is 2.39. The van der Waals surface area contributed by atoms with Crippen LogP contribution in [0, 0.1) is 18.6 Å². The monoisotopic (exact) mass is 462 g/mol. The largest absolute Gasteiger partial charge is 0.490 e. The minimum Gasteiger partial charge on any atom is -0.490 e. The van der Waals surface area contributed by atoms with Gasteiger partial charge in [0.05, 0.1) is 18.8 Å². The van der Waals surface area contributed by atoms with Crippen molar-refractivity contribution in [3.63, 3.8) is 0 Å². The second-order valence-corrected chi connectivity index (χ2v) is 9.38. The molecule has 0 spiro atoms. The van der Waals surface area contributed by atoms with E-state index < -0.39 is 11.2 Å². The zero-order chi connectivity index (χ0) is 23.5. The Kier molecular flexibility index (Phi) is 7.19. The third-order valence-corrected chi connectivity index (χ3v) is 6.46. The second-order valence-electron chi connectivity index (χ2n) is 9.38. The summed E-state index contributed by atoms with van der Waals surface area (Å²) in [4.78, 5) is 4.10. The van der Waals surface area contributed by atoms with Crippen LogP contribution in [0.1, 0.15) is 18.4 Å². The van der Waals surface area contributed by atoms with E-state index in [0.29, 0.717) is 63.5 Å². The second kappa shape index (κ2) is 9.93. The van der Waals surface area contributed by atoms with Gasteiger partial charge in [0.15, 0.2) is 0 Å². The minimum atomic E-state index is -1.25. The van der Waals surface area contributed by atoms with Crippen molar-refractivity contribution < 1.29 is 28.5 Å². The molecular weight excluding hydrogens is 430 g/mol. The molecule has 2 fully saturated rings. The number of piperidine rings is 1. The van der Waals surface area contributed by atoms with Crippen molar-refractivity contribution in [3.8, 4) is 5.75 Å². The Morgan fingerprint density at radius 1 is 1.03 bits per heavy atom. The number of aliphatic hydroxyl groups is 2. The Bertz CT molecular complexity index is 952. The van der Waals surface area contributed by atoms with Crippen molar-refractivity contribution in [2.75, 3.05) is 57.4 Å². The summed E-state index contributed by atoms with van der Waals surface area (Å²) in [6, 6.07) is 11.0. The van der Waals surface area contributed by atoms with Crippen LogP contribution in [0.3, 0.4) is 0 Å². The number of anilines is 1. The third-order valence-electron chi connectivity index (χ3n) is 6.46. The highest BCUT2D eigenvalue weighted by molar-refractivity contribution is 5.47. The van der Waals surface area contributed by atoms with E-state index in [1.807, 2.05) is 11.0 Å². The number of halogens is 2. The van der Waals surface area contributed by atoms with Crippen LogP contribution in [0.4, 0.5) is 14.5 Å². The molecule has 2 aromatic carbocycles. The lowest BCUT2D eigenvalue weighted by Crippen LogP contribution is -2.55. The number of aryl methyl sites for hydroxylation is 1. The molecule has 0 amide bonds. The first-order valence-corrected chi connectivity index (χ1v) is 11.4. The molecule has 2 aliphatic heterocycles. The average molecular weight is 463 g/mol. The average Bonchev–Trinajstić information content (AvgIpc) is 2.96. The molecule has 180 valence electrons. The maximum Gasteiger partial charge on any atom is 0.134 e. The first kappa shape index (κ1) is 23.9. The highest BCUT2D eigenvalue weighted by atomic mass is 19.1. The molecule has 2 saturated heterocycles. The van der Waals surface area contributed by atoms with Crippen LogP contribution in [-0.2, 0) is 4.74 Å². The van der Waals surface area contributed by atoms with Crippen molar-refractivity contribution in [1.82, 2.24) is 4.90 Å². The van der Waals surface area contributed by atoms with Gasteiger partial charge in [-0.1, -0.05) is 6.07 Å². The molecule has 0 radical (unpaired) electrons. The van der Waals surface area contributed by atoms with Crippen molar-refractivity contribution in [3.05, 3.63) is 59.7 Å². The molecule has 0 unspecified atom stereocenters. The molecule has 33 heavy (non-hydrogen) atoms. The summed E-state index contributed by atoms with van der Waals surface area (Å²) < 4.78 is 38.4. The molecule has 8 heteroatoms. The highest BCUT2D eigenvalue weighted by Crippen LogP contribution is 2.28. The molecular formula is C25H32F2N2O4. The van der Waals surface area contributed by atoms with Gasteiger partial charge < -0.3 is 24.6 Å². The first-order valence-electron chi connectivity index (χ1n) is 11.4. The Labute approximate surface area is 193 Å². The van der Waals surface area contributed by atoms with Crippen LogP contribution in [0.2, 0.25) is 0 Å². The van der Waals surface area contributed by atoms with E-state index in [-0.39, 0.29) is 24.8 Å². The Hall–Kier alpha value is -2.26. The fraction of sp³-hybridized carbons (Fsp3) is 0.520. The molecule has 2 N–H and O–H groups in total. The normalized spacial score (nSPS) is 23.8. The van der Waals surface area contributed by atoms with Gasteiger partial charge in [-0.3, -0.25) is 4.90 Å². The summed E-state index contributed by atoms with van der Waals surface area (Å²) in [6.45, 7) is 4.78. The molecule has 2 aliphatic rings. The summed E-state index contributed by atoms with van der Waals surface area (Å²) in [5.74, 6) is -0.0848. The molecule has 0 bridgehead atoms. The van der Waals surface area contributed by atoms with Crippen LogP contribution in [0.25, 0.3) is 0 Å². The number of rotatable bonds is 6. The third kappa shape index (κ3) is 6.20. The van der Waals surface area contributed by atoms with Crippen LogP contribution in [0.5, 0.6) is 5.75 Å². The molecule has 1 atom stereocenters. The van der Waals surface area contributed by atoms with Crippen molar-refractivity contribution in [2.45, 2.75) is 31.0 Å². The van der Waals surface area contributed by atoms with E-state index in [2.05, 4.69) is 4.90 Å². The summed E-state index contributed by atoms with van der Waals surface area (Å²) in [5.41, 5.74) is -0.852. The predicted octanol–water partition coefficient (Wildman–Crippen LogP) is 2.75. The zero-order valence-electron chi connectivity index (χ0n) is 19.0. The van der Waals surface area contributed by atoms with Gasteiger partial charge in [-0.25, -0.2) is 8.78 Å². The molecule has 2 aromatic rings. The number of hydrogen-bond donors (Lipinski definition) is 2.